The zero-order valence-corrected chi connectivity index (χ0v) is 24.1. The minimum atomic E-state index is -0.540. The van der Waals surface area contributed by atoms with Crippen molar-refractivity contribution < 1.29 is 23.5 Å². The van der Waals surface area contributed by atoms with Gasteiger partial charge >= 0.3 is 6.09 Å². The second-order valence-electron chi connectivity index (χ2n) is 11.9. The van der Waals surface area contributed by atoms with Gasteiger partial charge in [-0.05, 0) is 73.6 Å². The van der Waals surface area contributed by atoms with Crippen molar-refractivity contribution >= 4 is 29.5 Å². The molecule has 1 saturated carbocycles. The van der Waals surface area contributed by atoms with Crippen molar-refractivity contribution in [2.75, 3.05) is 32.7 Å². The Morgan fingerprint density at radius 3 is 2.17 bits per heavy atom. The van der Waals surface area contributed by atoms with E-state index in [1.807, 2.05) is 41.0 Å². The molecule has 0 radical (unpaired) electrons. The number of likely N-dealkylation sites (N-methyl/N-ethyl adjacent to an activating group) is 1. The first kappa shape index (κ1) is 28.4. The molecule has 3 amide bonds. The topological polar surface area (TPSA) is 70.2 Å². The van der Waals surface area contributed by atoms with Gasteiger partial charge in [-0.3, -0.25) is 9.59 Å². The number of halogens is 2. The minimum absolute atomic E-state index is 0.0725. The van der Waals surface area contributed by atoms with Crippen LogP contribution in [0.4, 0.5) is 9.18 Å². The zero-order chi connectivity index (χ0) is 28.6. The lowest BCUT2D eigenvalue weighted by Gasteiger charge is -2.34. The molecule has 0 aromatic heterocycles. The normalized spacial score (nSPS) is 24.1. The number of amides is 3. The van der Waals surface area contributed by atoms with Crippen LogP contribution in [0.5, 0.6) is 5.75 Å². The highest BCUT2D eigenvalue weighted by Gasteiger charge is 2.52. The number of piperidine rings is 1. The molecular formula is C31H37ClFN3O4. The van der Waals surface area contributed by atoms with Crippen LogP contribution in [0.25, 0.3) is 0 Å². The second kappa shape index (κ2) is 11.4. The Labute approximate surface area is 240 Å². The van der Waals surface area contributed by atoms with Crippen LogP contribution in [0.1, 0.15) is 51.5 Å². The number of likely N-dealkylation sites (tertiary alicyclic amines) is 2. The van der Waals surface area contributed by atoms with Gasteiger partial charge in [0.05, 0.1) is 6.04 Å². The zero-order valence-electron chi connectivity index (χ0n) is 23.3. The van der Waals surface area contributed by atoms with E-state index in [0.29, 0.717) is 50.6 Å². The van der Waals surface area contributed by atoms with E-state index in [1.54, 1.807) is 4.90 Å². The molecule has 3 atom stereocenters. The van der Waals surface area contributed by atoms with Crippen molar-refractivity contribution in [2.24, 2.45) is 17.3 Å². The van der Waals surface area contributed by atoms with Crippen LogP contribution in [-0.4, -0.2) is 71.4 Å². The third kappa shape index (κ3) is 5.97. The van der Waals surface area contributed by atoms with Gasteiger partial charge in [0.25, 0.3) is 0 Å². The molecule has 0 N–H and O–H groups in total. The lowest BCUT2D eigenvalue weighted by atomic mass is 9.93. The van der Waals surface area contributed by atoms with E-state index in [-0.39, 0.29) is 46.8 Å². The van der Waals surface area contributed by atoms with Crippen LogP contribution in [0.2, 0.25) is 5.02 Å². The lowest BCUT2D eigenvalue weighted by molar-refractivity contribution is -0.141. The molecule has 3 aliphatic rings. The van der Waals surface area contributed by atoms with Crippen molar-refractivity contribution in [2.45, 2.75) is 52.0 Å². The molecule has 1 unspecified atom stereocenters. The Hall–Kier alpha value is -3.13. The molecule has 0 bridgehead atoms. The van der Waals surface area contributed by atoms with Crippen LogP contribution in [0.3, 0.4) is 0 Å². The molecule has 40 heavy (non-hydrogen) atoms. The van der Waals surface area contributed by atoms with E-state index in [4.69, 9.17) is 16.3 Å². The highest BCUT2D eigenvalue weighted by molar-refractivity contribution is 6.30. The van der Waals surface area contributed by atoms with Crippen LogP contribution in [-0.2, 0) is 9.59 Å². The largest absolute Gasteiger partial charge is 0.415 e. The molecule has 1 aliphatic carbocycles. The highest BCUT2D eigenvalue weighted by Crippen LogP contribution is 2.52. The van der Waals surface area contributed by atoms with Gasteiger partial charge in [-0.15, -0.1) is 0 Å². The van der Waals surface area contributed by atoms with E-state index in [1.165, 1.54) is 24.3 Å². The van der Waals surface area contributed by atoms with Crippen molar-refractivity contribution in [1.29, 1.82) is 0 Å². The fourth-order valence-electron chi connectivity index (χ4n) is 6.20. The van der Waals surface area contributed by atoms with E-state index in [9.17, 15) is 18.8 Å². The predicted octanol–water partition coefficient (Wildman–Crippen LogP) is 5.58. The number of benzene rings is 2. The molecule has 214 valence electrons. The van der Waals surface area contributed by atoms with E-state index in [2.05, 4.69) is 13.8 Å². The van der Waals surface area contributed by atoms with E-state index >= 15 is 0 Å². The maximum atomic E-state index is 13.7. The van der Waals surface area contributed by atoms with Crippen molar-refractivity contribution in [1.82, 2.24) is 14.7 Å². The number of ether oxygens (including phenoxy) is 1. The lowest BCUT2D eigenvalue weighted by Crippen LogP contribution is -2.47. The molecule has 7 nitrogen and oxygen atoms in total. The molecule has 2 aliphatic heterocycles. The quantitative estimate of drug-likeness (QED) is 0.455. The molecular weight excluding hydrogens is 533 g/mol. The number of hydrogen-bond acceptors (Lipinski definition) is 4. The first-order chi connectivity index (χ1) is 19.1. The molecule has 2 saturated heterocycles. The van der Waals surface area contributed by atoms with Crippen molar-refractivity contribution in [3.8, 4) is 5.75 Å². The van der Waals surface area contributed by atoms with E-state index < -0.39 is 11.9 Å². The third-order valence-corrected chi connectivity index (χ3v) is 9.11. The van der Waals surface area contributed by atoms with Crippen molar-refractivity contribution in [3.05, 3.63) is 64.9 Å². The highest BCUT2D eigenvalue weighted by atomic mass is 35.5. The number of nitrogens with zero attached hydrogens (tertiary/aromatic N) is 3. The molecule has 3 fully saturated rings. The first-order valence-corrected chi connectivity index (χ1v) is 14.5. The Bertz CT molecular complexity index is 1240. The first-order valence-electron chi connectivity index (χ1n) is 14.1. The summed E-state index contributed by atoms with van der Waals surface area (Å²) in [6.07, 6.45) is 1.69. The van der Waals surface area contributed by atoms with Gasteiger partial charge in [-0.2, -0.15) is 0 Å². The summed E-state index contributed by atoms with van der Waals surface area (Å²) < 4.78 is 18.9. The SMILES string of the molecule is CCN(C(=O)Oc1ccc(F)cc1)[C@@H]1CN(C(=O)C2CCN(C(=O)C3CC3(C)C)CC2)C[C@H]1c1ccc(Cl)cc1. The summed E-state index contributed by atoms with van der Waals surface area (Å²) in [6.45, 7) is 8.58. The molecule has 9 heteroatoms. The molecule has 2 aromatic rings. The summed E-state index contributed by atoms with van der Waals surface area (Å²) in [7, 11) is 0. The fraction of sp³-hybridized carbons (Fsp3) is 0.516. The smallest absolute Gasteiger partial charge is 0.410 e. The predicted molar refractivity (Wildman–Crippen MR) is 151 cm³/mol. The van der Waals surface area contributed by atoms with Crippen LogP contribution >= 0.6 is 11.6 Å². The minimum Gasteiger partial charge on any atom is -0.410 e. The van der Waals surface area contributed by atoms with Gasteiger partial charge in [0, 0.05) is 55.5 Å². The second-order valence-corrected chi connectivity index (χ2v) is 12.4. The number of carbonyl (C=O) groups is 3. The summed E-state index contributed by atoms with van der Waals surface area (Å²) in [4.78, 5) is 45.3. The fourth-order valence-corrected chi connectivity index (χ4v) is 6.32. The Morgan fingerprint density at radius 1 is 0.975 bits per heavy atom. The summed E-state index contributed by atoms with van der Waals surface area (Å²) >= 11 is 6.15. The van der Waals surface area contributed by atoms with Crippen LogP contribution in [0.15, 0.2) is 48.5 Å². The number of hydrogen-bond donors (Lipinski definition) is 0. The molecule has 2 aromatic carbocycles. The van der Waals surface area contributed by atoms with Gasteiger partial charge in [0.1, 0.15) is 11.6 Å². The Balaban J connectivity index is 1.29. The van der Waals surface area contributed by atoms with Gasteiger partial charge in [-0.1, -0.05) is 37.6 Å². The third-order valence-electron chi connectivity index (χ3n) is 8.86. The Kier molecular flexibility index (Phi) is 8.09. The van der Waals surface area contributed by atoms with Gasteiger partial charge in [0.15, 0.2) is 0 Å². The van der Waals surface area contributed by atoms with Crippen LogP contribution < -0.4 is 4.74 Å². The molecule has 0 spiro atoms. The van der Waals surface area contributed by atoms with Gasteiger partial charge < -0.3 is 19.4 Å². The average Bonchev–Trinajstić information content (AvgIpc) is 3.37. The number of rotatable bonds is 6. The average molecular weight is 570 g/mol. The molecule has 5 rings (SSSR count). The number of carbonyl (C=O) groups excluding carboxylic acids is 3. The maximum absolute atomic E-state index is 13.7. The molecule has 2 heterocycles. The van der Waals surface area contributed by atoms with E-state index in [0.717, 1.165) is 12.0 Å². The standard InChI is InChI=1S/C31H37ClFN3O4/c1-4-36(30(39)40-24-11-9-23(33)10-12-24)27-19-35(18-25(27)20-5-7-22(32)8-6-20)28(37)21-13-15-34(16-14-21)29(38)26-17-31(26,2)3/h5-12,21,25-27H,4,13-19H2,1-3H3/t25-,26?,27+/m0/s1. The van der Waals surface area contributed by atoms with Crippen molar-refractivity contribution in [3.63, 3.8) is 0 Å². The van der Waals surface area contributed by atoms with Gasteiger partial charge in [0.2, 0.25) is 11.8 Å². The Morgan fingerprint density at radius 2 is 1.60 bits per heavy atom. The van der Waals surface area contributed by atoms with Crippen LogP contribution in [0, 0.1) is 23.1 Å². The summed E-state index contributed by atoms with van der Waals surface area (Å²) in [6, 6.07) is 12.5. The summed E-state index contributed by atoms with van der Waals surface area (Å²) in [5.74, 6) is -0.0283. The van der Waals surface area contributed by atoms with Gasteiger partial charge in [-0.25, -0.2) is 9.18 Å². The monoisotopic (exact) mass is 569 g/mol. The summed E-state index contributed by atoms with van der Waals surface area (Å²) in [5, 5.41) is 0.616. The maximum Gasteiger partial charge on any atom is 0.415 e. The summed E-state index contributed by atoms with van der Waals surface area (Å²) in [5.41, 5.74) is 1.08.